The lowest BCUT2D eigenvalue weighted by atomic mass is 9.52. The molecule has 1 aromatic rings. The van der Waals surface area contributed by atoms with Crippen LogP contribution in [0.4, 0.5) is 0 Å². The Bertz CT molecular complexity index is 567. The van der Waals surface area contributed by atoms with Crippen molar-refractivity contribution in [3.63, 3.8) is 0 Å². The molecule has 3 atom stereocenters. The first-order valence-electron chi connectivity index (χ1n) is 9.16. The van der Waals surface area contributed by atoms with E-state index < -0.39 is 0 Å². The molecule has 4 rings (SSSR count). The van der Waals surface area contributed by atoms with E-state index >= 15 is 0 Å². The minimum atomic E-state index is 0.364. The molecule has 1 aromatic carbocycles. The van der Waals surface area contributed by atoms with Gasteiger partial charge in [-0.1, -0.05) is 32.8 Å². The Kier molecular flexibility index (Phi) is 3.48. The third-order valence-corrected chi connectivity index (χ3v) is 6.53. The van der Waals surface area contributed by atoms with Gasteiger partial charge in [0.15, 0.2) is 0 Å². The predicted molar refractivity (Wildman–Crippen MR) is 90.3 cm³/mol. The minimum absolute atomic E-state index is 0.364. The first kappa shape index (κ1) is 14.6. The summed E-state index contributed by atoms with van der Waals surface area (Å²) in [5.41, 5.74) is 3.37. The summed E-state index contributed by atoms with van der Waals surface area (Å²) in [5, 5.41) is 10.0. The average Bonchev–Trinajstić information content (AvgIpc) is 2.50. The number of aromatic hydroxyl groups is 1. The molecular weight excluding hydrogens is 270 g/mol. The lowest BCUT2D eigenvalue weighted by Gasteiger charge is -2.59. The third-order valence-electron chi connectivity index (χ3n) is 6.53. The second kappa shape index (κ2) is 5.26. The molecule has 120 valence electrons. The van der Waals surface area contributed by atoms with Crippen LogP contribution in [0.3, 0.4) is 0 Å². The number of benzene rings is 1. The van der Waals surface area contributed by atoms with Gasteiger partial charge in [-0.05, 0) is 67.3 Å². The van der Waals surface area contributed by atoms with Gasteiger partial charge in [-0.3, -0.25) is 4.90 Å². The topological polar surface area (TPSA) is 23.5 Å². The second-order valence-electron chi connectivity index (χ2n) is 8.26. The van der Waals surface area contributed by atoms with Crippen molar-refractivity contribution >= 4 is 0 Å². The maximum absolute atomic E-state index is 10.0. The number of fused-ring (bicyclic) bond motifs is 1. The Morgan fingerprint density at radius 1 is 1.27 bits per heavy atom. The number of phenols is 1. The van der Waals surface area contributed by atoms with Crippen LogP contribution in [0.5, 0.6) is 5.75 Å². The summed E-state index contributed by atoms with van der Waals surface area (Å²) in [6, 6.07) is 6.92. The fourth-order valence-corrected chi connectivity index (χ4v) is 5.77. The maximum Gasteiger partial charge on any atom is 0.115 e. The maximum atomic E-state index is 10.0. The van der Waals surface area contributed by atoms with Crippen molar-refractivity contribution in [2.75, 3.05) is 13.1 Å². The van der Waals surface area contributed by atoms with Gasteiger partial charge in [0, 0.05) is 18.0 Å². The molecular formula is C20H29NO. The summed E-state index contributed by atoms with van der Waals surface area (Å²) < 4.78 is 0. The van der Waals surface area contributed by atoms with E-state index in [-0.39, 0.29) is 0 Å². The molecule has 0 amide bonds. The summed E-state index contributed by atoms with van der Waals surface area (Å²) in [6.45, 7) is 7.17. The van der Waals surface area contributed by atoms with E-state index in [4.69, 9.17) is 0 Å². The zero-order chi connectivity index (χ0) is 15.3. The van der Waals surface area contributed by atoms with Gasteiger partial charge in [-0.15, -0.1) is 0 Å². The van der Waals surface area contributed by atoms with Crippen LogP contribution in [-0.2, 0) is 11.8 Å². The molecule has 2 nitrogen and oxygen atoms in total. The van der Waals surface area contributed by atoms with E-state index in [1.54, 1.807) is 0 Å². The third kappa shape index (κ3) is 2.11. The van der Waals surface area contributed by atoms with Gasteiger partial charge in [0.2, 0.25) is 0 Å². The Hall–Kier alpha value is -1.02. The summed E-state index contributed by atoms with van der Waals surface area (Å²) in [5.74, 6) is 2.01. The van der Waals surface area contributed by atoms with Crippen LogP contribution in [0.1, 0.15) is 57.1 Å². The first-order valence-corrected chi connectivity index (χ1v) is 9.16. The molecule has 1 heterocycles. The number of phenolic OH excluding ortho intramolecular Hbond substituents is 1. The van der Waals surface area contributed by atoms with Crippen LogP contribution in [0.15, 0.2) is 18.2 Å². The fourth-order valence-electron chi connectivity index (χ4n) is 5.77. The SMILES string of the molecule is CC(C)CN1CC[C@@]23CCCC[C@H]2[C@@H]1Cc1ccc(O)cc13. The highest BCUT2D eigenvalue weighted by atomic mass is 16.3. The van der Waals surface area contributed by atoms with Crippen LogP contribution in [0, 0.1) is 11.8 Å². The minimum Gasteiger partial charge on any atom is -0.508 e. The Morgan fingerprint density at radius 2 is 2.14 bits per heavy atom. The molecule has 1 N–H and O–H groups in total. The number of piperidine rings is 1. The summed E-state index contributed by atoms with van der Waals surface area (Å²) in [4.78, 5) is 2.79. The molecule has 1 aliphatic heterocycles. The zero-order valence-corrected chi connectivity index (χ0v) is 14.0. The van der Waals surface area contributed by atoms with E-state index in [1.165, 1.54) is 62.7 Å². The van der Waals surface area contributed by atoms with Crippen molar-refractivity contribution in [1.82, 2.24) is 4.90 Å². The van der Waals surface area contributed by atoms with Gasteiger partial charge in [0.25, 0.3) is 0 Å². The molecule has 0 radical (unpaired) electrons. The lowest BCUT2D eigenvalue weighted by molar-refractivity contribution is -0.0164. The van der Waals surface area contributed by atoms with Crippen LogP contribution in [-0.4, -0.2) is 29.1 Å². The Morgan fingerprint density at radius 3 is 2.95 bits per heavy atom. The predicted octanol–water partition coefficient (Wildman–Crippen LogP) is 4.11. The number of hydrogen-bond acceptors (Lipinski definition) is 2. The van der Waals surface area contributed by atoms with Crippen molar-refractivity contribution < 1.29 is 5.11 Å². The second-order valence-corrected chi connectivity index (χ2v) is 8.26. The standard InChI is InChI=1S/C20H29NO/c1-14(2)13-21-10-9-20-8-4-3-5-17(20)19(21)11-15-6-7-16(22)12-18(15)20/h6-7,12,14,17,19,22H,3-5,8-11,13H2,1-2H3/t17-,19-,20-/m0/s1. The van der Waals surface area contributed by atoms with E-state index in [2.05, 4.69) is 30.9 Å². The Balaban J connectivity index is 1.78. The smallest absolute Gasteiger partial charge is 0.115 e. The molecule has 3 aliphatic rings. The molecule has 2 bridgehead atoms. The first-order chi connectivity index (χ1) is 10.6. The van der Waals surface area contributed by atoms with E-state index in [0.29, 0.717) is 11.2 Å². The normalized spacial score (nSPS) is 34.3. The van der Waals surface area contributed by atoms with Crippen molar-refractivity contribution in [3.05, 3.63) is 29.3 Å². The van der Waals surface area contributed by atoms with Crippen LogP contribution in [0.25, 0.3) is 0 Å². The zero-order valence-electron chi connectivity index (χ0n) is 14.0. The highest BCUT2D eigenvalue weighted by Gasteiger charge is 2.53. The largest absolute Gasteiger partial charge is 0.508 e. The van der Waals surface area contributed by atoms with Crippen LogP contribution < -0.4 is 0 Å². The quantitative estimate of drug-likeness (QED) is 0.888. The molecule has 0 unspecified atom stereocenters. The summed E-state index contributed by atoms with van der Waals surface area (Å²) >= 11 is 0. The van der Waals surface area contributed by atoms with Gasteiger partial charge in [0.05, 0.1) is 0 Å². The van der Waals surface area contributed by atoms with Crippen LogP contribution in [0.2, 0.25) is 0 Å². The average molecular weight is 299 g/mol. The highest BCUT2D eigenvalue weighted by molar-refractivity contribution is 5.45. The van der Waals surface area contributed by atoms with E-state index in [9.17, 15) is 5.11 Å². The molecule has 1 saturated carbocycles. The van der Waals surface area contributed by atoms with E-state index in [0.717, 1.165) is 17.9 Å². The van der Waals surface area contributed by atoms with Crippen molar-refractivity contribution in [3.8, 4) is 5.75 Å². The fraction of sp³-hybridized carbons (Fsp3) is 0.700. The number of likely N-dealkylation sites (tertiary alicyclic amines) is 1. The van der Waals surface area contributed by atoms with E-state index in [1.807, 2.05) is 6.07 Å². The molecule has 1 saturated heterocycles. The van der Waals surface area contributed by atoms with Gasteiger partial charge in [-0.2, -0.15) is 0 Å². The summed E-state index contributed by atoms with van der Waals surface area (Å²) in [7, 11) is 0. The number of hydrogen-bond donors (Lipinski definition) is 1. The van der Waals surface area contributed by atoms with Crippen LogP contribution >= 0.6 is 0 Å². The molecule has 2 heteroatoms. The molecule has 22 heavy (non-hydrogen) atoms. The lowest BCUT2D eigenvalue weighted by Crippen LogP contribution is -2.61. The molecule has 2 fully saturated rings. The van der Waals surface area contributed by atoms with Gasteiger partial charge >= 0.3 is 0 Å². The monoisotopic (exact) mass is 299 g/mol. The van der Waals surface area contributed by atoms with Gasteiger partial charge in [-0.25, -0.2) is 0 Å². The van der Waals surface area contributed by atoms with Gasteiger partial charge < -0.3 is 5.11 Å². The number of nitrogens with zero attached hydrogens (tertiary/aromatic N) is 1. The number of rotatable bonds is 2. The Labute approximate surface area is 134 Å². The molecule has 0 spiro atoms. The molecule has 0 aromatic heterocycles. The van der Waals surface area contributed by atoms with Crippen molar-refractivity contribution in [1.29, 1.82) is 0 Å². The van der Waals surface area contributed by atoms with Gasteiger partial charge in [0.1, 0.15) is 5.75 Å². The van der Waals surface area contributed by atoms with Crippen molar-refractivity contribution in [2.24, 2.45) is 11.8 Å². The van der Waals surface area contributed by atoms with Crippen molar-refractivity contribution in [2.45, 2.75) is 63.8 Å². The molecule has 2 aliphatic carbocycles. The summed E-state index contributed by atoms with van der Waals surface area (Å²) in [6.07, 6.45) is 7.95. The highest BCUT2D eigenvalue weighted by Crippen LogP contribution is 2.56.